The molecule has 2 aromatic rings. The first-order valence-electron chi connectivity index (χ1n) is 5.52. The molecule has 0 bridgehead atoms. The molecule has 4 nitrogen and oxygen atoms in total. The van der Waals surface area contributed by atoms with E-state index in [9.17, 15) is 4.79 Å². The Balaban J connectivity index is 2.06. The maximum absolute atomic E-state index is 11.9. The van der Waals surface area contributed by atoms with Crippen LogP contribution in [0.4, 0.5) is 0 Å². The number of rotatable bonds is 3. The van der Waals surface area contributed by atoms with Crippen molar-refractivity contribution in [1.29, 1.82) is 5.26 Å². The molecule has 2 aromatic heterocycles. The quantitative estimate of drug-likeness (QED) is 0.944. The smallest absolute Gasteiger partial charge is 0.270 e. The first kappa shape index (κ1) is 13.5. The van der Waals surface area contributed by atoms with E-state index < -0.39 is 0 Å². The van der Waals surface area contributed by atoms with Gasteiger partial charge >= 0.3 is 0 Å². The van der Waals surface area contributed by atoms with Crippen LogP contribution in [0.25, 0.3) is 0 Å². The molecule has 19 heavy (non-hydrogen) atoms. The lowest BCUT2D eigenvalue weighted by Gasteiger charge is -2.11. The van der Waals surface area contributed by atoms with Gasteiger partial charge in [0, 0.05) is 11.1 Å². The van der Waals surface area contributed by atoms with Crippen LogP contribution in [0.2, 0.25) is 4.34 Å². The SMILES string of the molecule is CC(NC(=O)c1ccc(C#N)cn1)c1ccc(Cl)s1. The number of hydrogen-bond donors (Lipinski definition) is 1. The topological polar surface area (TPSA) is 65.8 Å². The van der Waals surface area contributed by atoms with E-state index in [2.05, 4.69) is 10.3 Å². The fourth-order valence-electron chi connectivity index (χ4n) is 1.50. The van der Waals surface area contributed by atoms with Crippen LogP contribution in [0.1, 0.15) is 33.9 Å². The normalized spacial score (nSPS) is 11.6. The Morgan fingerprint density at radius 1 is 1.47 bits per heavy atom. The van der Waals surface area contributed by atoms with Crippen LogP contribution in [0.15, 0.2) is 30.5 Å². The van der Waals surface area contributed by atoms with E-state index in [1.54, 1.807) is 12.1 Å². The number of halogens is 1. The number of aromatic nitrogens is 1. The lowest BCUT2D eigenvalue weighted by molar-refractivity contribution is 0.0935. The van der Waals surface area contributed by atoms with Crippen LogP contribution in [0, 0.1) is 11.3 Å². The van der Waals surface area contributed by atoms with Crippen molar-refractivity contribution in [3.63, 3.8) is 0 Å². The minimum absolute atomic E-state index is 0.137. The number of pyridine rings is 1. The molecule has 0 spiro atoms. The molecule has 0 saturated heterocycles. The highest BCUT2D eigenvalue weighted by molar-refractivity contribution is 7.16. The molecule has 0 aromatic carbocycles. The summed E-state index contributed by atoms with van der Waals surface area (Å²) in [7, 11) is 0. The first-order valence-corrected chi connectivity index (χ1v) is 6.72. The highest BCUT2D eigenvalue weighted by Crippen LogP contribution is 2.26. The zero-order chi connectivity index (χ0) is 13.8. The van der Waals surface area contributed by atoms with Gasteiger partial charge < -0.3 is 5.32 Å². The van der Waals surface area contributed by atoms with Crippen LogP contribution in [-0.2, 0) is 0 Å². The van der Waals surface area contributed by atoms with Gasteiger partial charge in [-0.2, -0.15) is 5.26 Å². The van der Waals surface area contributed by atoms with E-state index in [4.69, 9.17) is 16.9 Å². The first-order chi connectivity index (χ1) is 9.10. The number of thiophene rings is 1. The van der Waals surface area contributed by atoms with Crippen LogP contribution in [0.3, 0.4) is 0 Å². The minimum Gasteiger partial charge on any atom is -0.343 e. The molecule has 1 atom stereocenters. The third-order valence-corrected chi connectivity index (χ3v) is 3.91. The summed E-state index contributed by atoms with van der Waals surface area (Å²) < 4.78 is 0.688. The second kappa shape index (κ2) is 5.83. The van der Waals surface area contributed by atoms with Gasteiger partial charge in [-0.3, -0.25) is 4.79 Å². The standard InChI is InChI=1S/C13H10ClN3OS/c1-8(11-4-5-12(14)19-11)17-13(18)10-3-2-9(6-15)7-16-10/h2-5,7-8H,1H3,(H,17,18). The molecule has 96 valence electrons. The van der Waals surface area contributed by atoms with Crippen molar-refractivity contribution in [2.24, 2.45) is 0 Å². The summed E-state index contributed by atoms with van der Waals surface area (Å²) in [4.78, 5) is 16.9. The largest absolute Gasteiger partial charge is 0.343 e. The molecule has 0 fully saturated rings. The molecule has 0 aliphatic carbocycles. The number of nitrogens with zero attached hydrogens (tertiary/aromatic N) is 2. The van der Waals surface area contributed by atoms with Crippen molar-refractivity contribution in [3.8, 4) is 6.07 Å². The Morgan fingerprint density at radius 3 is 2.79 bits per heavy atom. The lowest BCUT2D eigenvalue weighted by Crippen LogP contribution is -2.26. The minimum atomic E-state index is -0.276. The highest BCUT2D eigenvalue weighted by atomic mass is 35.5. The molecule has 0 radical (unpaired) electrons. The van der Waals surface area contributed by atoms with E-state index in [1.807, 2.05) is 19.1 Å². The maximum Gasteiger partial charge on any atom is 0.270 e. The molecule has 0 aliphatic rings. The van der Waals surface area contributed by atoms with E-state index in [0.717, 1.165) is 4.88 Å². The second-order valence-electron chi connectivity index (χ2n) is 3.88. The lowest BCUT2D eigenvalue weighted by atomic mass is 10.2. The van der Waals surface area contributed by atoms with Crippen LogP contribution < -0.4 is 5.32 Å². The van der Waals surface area contributed by atoms with E-state index in [-0.39, 0.29) is 17.6 Å². The number of hydrogen-bond acceptors (Lipinski definition) is 4. The molecule has 6 heteroatoms. The average molecular weight is 292 g/mol. The average Bonchev–Trinajstić information content (AvgIpc) is 2.85. The van der Waals surface area contributed by atoms with E-state index in [0.29, 0.717) is 9.90 Å². The van der Waals surface area contributed by atoms with Crippen molar-refractivity contribution in [1.82, 2.24) is 10.3 Å². The molecular formula is C13H10ClN3OS. The van der Waals surface area contributed by atoms with Crippen molar-refractivity contribution < 1.29 is 4.79 Å². The summed E-state index contributed by atoms with van der Waals surface area (Å²) in [5.74, 6) is -0.276. The van der Waals surface area contributed by atoms with Crippen molar-refractivity contribution in [3.05, 3.63) is 50.9 Å². The summed E-state index contributed by atoms with van der Waals surface area (Å²) in [5.41, 5.74) is 0.711. The van der Waals surface area contributed by atoms with Crippen LogP contribution in [0.5, 0.6) is 0 Å². The van der Waals surface area contributed by atoms with Gasteiger partial charge in [-0.1, -0.05) is 11.6 Å². The second-order valence-corrected chi connectivity index (χ2v) is 5.63. The van der Waals surface area contributed by atoms with Gasteiger partial charge in [0.05, 0.1) is 15.9 Å². The van der Waals surface area contributed by atoms with Gasteiger partial charge in [0.2, 0.25) is 0 Å². The van der Waals surface area contributed by atoms with Gasteiger partial charge in [-0.05, 0) is 31.2 Å². The fraction of sp³-hybridized carbons (Fsp3) is 0.154. The molecule has 0 saturated carbocycles. The summed E-state index contributed by atoms with van der Waals surface area (Å²) in [5, 5.41) is 11.5. The Hall–Kier alpha value is -1.90. The number of nitrogens with one attached hydrogen (secondary N) is 1. The fourth-order valence-corrected chi connectivity index (χ4v) is 2.56. The van der Waals surface area contributed by atoms with Crippen LogP contribution >= 0.6 is 22.9 Å². The zero-order valence-corrected chi connectivity index (χ0v) is 11.6. The summed E-state index contributed by atoms with van der Waals surface area (Å²) in [6.07, 6.45) is 1.38. The Labute approximate surface area is 119 Å². The molecule has 0 aliphatic heterocycles. The van der Waals surface area contributed by atoms with Gasteiger partial charge in [0.25, 0.3) is 5.91 Å². The Morgan fingerprint density at radius 2 is 2.26 bits per heavy atom. The maximum atomic E-state index is 11.9. The number of amides is 1. The Kier molecular flexibility index (Phi) is 4.15. The molecular weight excluding hydrogens is 282 g/mol. The van der Waals surface area contributed by atoms with E-state index in [1.165, 1.54) is 23.6 Å². The monoisotopic (exact) mass is 291 g/mol. The Bertz CT molecular complexity index is 630. The van der Waals surface area contributed by atoms with Crippen molar-refractivity contribution in [2.75, 3.05) is 0 Å². The predicted molar refractivity (Wildman–Crippen MR) is 74.2 cm³/mol. The van der Waals surface area contributed by atoms with Crippen molar-refractivity contribution >= 4 is 28.8 Å². The molecule has 1 unspecified atom stereocenters. The van der Waals surface area contributed by atoms with Gasteiger partial charge in [-0.25, -0.2) is 4.98 Å². The third-order valence-electron chi connectivity index (χ3n) is 2.49. The highest BCUT2D eigenvalue weighted by Gasteiger charge is 2.13. The third kappa shape index (κ3) is 3.31. The van der Waals surface area contributed by atoms with Crippen LogP contribution in [-0.4, -0.2) is 10.9 Å². The summed E-state index contributed by atoms with van der Waals surface area (Å²) in [6, 6.07) is 8.59. The summed E-state index contributed by atoms with van der Waals surface area (Å²) in [6.45, 7) is 1.88. The van der Waals surface area contributed by atoms with Gasteiger partial charge in [0.1, 0.15) is 11.8 Å². The molecule has 1 amide bonds. The summed E-state index contributed by atoms with van der Waals surface area (Å²) >= 11 is 7.28. The molecule has 2 heterocycles. The number of nitriles is 1. The number of carbonyl (C=O) groups is 1. The van der Waals surface area contributed by atoms with E-state index >= 15 is 0 Å². The van der Waals surface area contributed by atoms with Gasteiger partial charge in [0.15, 0.2) is 0 Å². The molecule has 2 rings (SSSR count). The molecule has 1 N–H and O–H groups in total. The zero-order valence-electron chi connectivity index (χ0n) is 10.1. The predicted octanol–water partition coefficient (Wildman–Crippen LogP) is 3.16. The number of carbonyl (C=O) groups excluding carboxylic acids is 1. The van der Waals surface area contributed by atoms with Crippen molar-refractivity contribution in [2.45, 2.75) is 13.0 Å². The van der Waals surface area contributed by atoms with Gasteiger partial charge in [-0.15, -0.1) is 11.3 Å².